The SMILES string of the molecule is CC(=O)OC1CC[C@@]2(C)[C@@H](CCC3=C4C(=O)C[C@H]([C@H](C)C[C@@H](I)CC(F)(C(F)(F)F)C(F)(F)F)[C@@]4(C)CC[C@@H]32)C1. The van der Waals surface area contributed by atoms with Gasteiger partial charge in [-0.3, -0.25) is 9.59 Å². The second kappa shape index (κ2) is 10.7. The lowest BCUT2D eigenvalue weighted by atomic mass is 9.48. The molecule has 40 heavy (non-hydrogen) atoms. The summed E-state index contributed by atoms with van der Waals surface area (Å²) < 4.78 is 97.6. The topological polar surface area (TPSA) is 43.4 Å². The van der Waals surface area contributed by atoms with Gasteiger partial charge < -0.3 is 4.74 Å². The standard InChI is InChI=1S/C29H38F7IO3/c1-15(11-18(37)14-27(30,28(31,32)33)29(34,35)36)22-13-23(39)24-20-6-5-17-12-19(40-16(2)38)7-9-25(17,3)21(20)8-10-26(22,24)4/h15,17-19,21-22H,5-14H2,1-4H3/t15-,17+,18-,19?,21+,22-,25+,26-/m1/s1. The highest BCUT2D eigenvalue weighted by molar-refractivity contribution is 14.1. The van der Waals surface area contributed by atoms with Crippen LogP contribution in [0.2, 0.25) is 0 Å². The maximum absolute atomic E-state index is 14.4. The van der Waals surface area contributed by atoms with Crippen LogP contribution in [0.3, 0.4) is 0 Å². The largest absolute Gasteiger partial charge is 0.463 e. The quantitative estimate of drug-likeness (QED) is 0.121. The second-order valence-corrected chi connectivity index (χ2v) is 15.0. The Balaban J connectivity index is 1.53. The zero-order valence-electron chi connectivity index (χ0n) is 23.3. The first kappa shape index (κ1) is 32.0. The van der Waals surface area contributed by atoms with Crippen LogP contribution in [0.1, 0.15) is 91.9 Å². The lowest BCUT2D eigenvalue weighted by Gasteiger charge is -2.56. The molecule has 0 saturated heterocycles. The first-order valence-electron chi connectivity index (χ1n) is 14.1. The van der Waals surface area contributed by atoms with Crippen LogP contribution in [0.25, 0.3) is 0 Å². The Hall–Kier alpha value is -0.880. The Morgan fingerprint density at radius 2 is 1.68 bits per heavy atom. The van der Waals surface area contributed by atoms with Gasteiger partial charge in [0.2, 0.25) is 0 Å². The van der Waals surface area contributed by atoms with E-state index in [9.17, 15) is 40.3 Å². The van der Waals surface area contributed by atoms with Crippen LogP contribution < -0.4 is 0 Å². The van der Waals surface area contributed by atoms with Crippen LogP contribution in [0.15, 0.2) is 11.1 Å². The number of halogens is 8. The smallest absolute Gasteiger partial charge is 0.431 e. The van der Waals surface area contributed by atoms with Gasteiger partial charge in [-0.1, -0.05) is 48.9 Å². The lowest BCUT2D eigenvalue weighted by molar-refractivity contribution is -0.343. The molecule has 0 spiro atoms. The van der Waals surface area contributed by atoms with Crippen molar-refractivity contribution < 1.29 is 45.1 Å². The summed E-state index contributed by atoms with van der Waals surface area (Å²) in [6, 6.07) is 0. The minimum absolute atomic E-state index is 0.0184. The fraction of sp³-hybridized carbons (Fsp3) is 0.862. The molecule has 0 radical (unpaired) electrons. The molecule has 0 aromatic rings. The third-order valence-corrected chi connectivity index (χ3v) is 11.8. The molecule has 0 aromatic heterocycles. The number of esters is 1. The van der Waals surface area contributed by atoms with Gasteiger partial charge in [0.05, 0.1) is 0 Å². The first-order valence-corrected chi connectivity index (χ1v) is 15.4. The second-order valence-electron chi connectivity index (χ2n) is 13.2. The average Bonchev–Trinajstić information content (AvgIpc) is 3.08. The molecule has 3 fully saturated rings. The van der Waals surface area contributed by atoms with Gasteiger partial charge in [0, 0.05) is 29.3 Å². The van der Waals surface area contributed by atoms with E-state index in [4.69, 9.17) is 4.74 Å². The van der Waals surface area contributed by atoms with Crippen LogP contribution in [0.5, 0.6) is 0 Å². The van der Waals surface area contributed by atoms with Crippen molar-refractivity contribution >= 4 is 34.3 Å². The number of rotatable bonds is 6. The van der Waals surface area contributed by atoms with Gasteiger partial charge in [0.15, 0.2) is 5.78 Å². The molecule has 8 atom stereocenters. The molecule has 0 amide bonds. The Morgan fingerprint density at radius 1 is 1.05 bits per heavy atom. The third-order valence-electron chi connectivity index (χ3n) is 10.9. The normalized spacial score (nSPS) is 36.5. The van der Waals surface area contributed by atoms with Gasteiger partial charge in [-0.15, -0.1) is 0 Å². The van der Waals surface area contributed by atoms with E-state index in [1.165, 1.54) is 35.1 Å². The molecular formula is C29H38F7IO3. The fourth-order valence-electron chi connectivity index (χ4n) is 8.84. The maximum atomic E-state index is 14.4. The molecule has 0 N–H and O–H groups in total. The predicted octanol–water partition coefficient (Wildman–Crippen LogP) is 8.87. The minimum Gasteiger partial charge on any atom is -0.463 e. The van der Waals surface area contributed by atoms with E-state index in [0.29, 0.717) is 5.92 Å². The molecule has 228 valence electrons. The third kappa shape index (κ3) is 5.35. The van der Waals surface area contributed by atoms with Crippen molar-refractivity contribution in [3.8, 4) is 0 Å². The maximum Gasteiger partial charge on any atom is 0.431 e. The highest BCUT2D eigenvalue weighted by Gasteiger charge is 2.72. The van der Waals surface area contributed by atoms with Crippen molar-refractivity contribution in [2.45, 2.75) is 120 Å². The number of alkyl halides is 8. The number of hydrogen-bond donors (Lipinski definition) is 0. The van der Waals surface area contributed by atoms with Gasteiger partial charge in [-0.25, -0.2) is 4.39 Å². The molecule has 0 heterocycles. The molecule has 4 rings (SSSR count). The monoisotopic (exact) mass is 694 g/mol. The van der Waals surface area contributed by atoms with E-state index in [0.717, 1.165) is 50.5 Å². The van der Waals surface area contributed by atoms with E-state index in [1.807, 2.05) is 6.92 Å². The predicted molar refractivity (Wildman–Crippen MR) is 143 cm³/mol. The number of ketones is 1. The number of allylic oxidation sites excluding steroid dienone is 2. The molecule has 0 aromatic carbocycles. The van der Waals surface area contributed by atoms with Gasteiger partial charge in [-0.05, 0) is 85.9 Å². The fourth-order valence-corrected chi connectivity index (χ4v) is 10.3. The summed E-state index contributed by atoms with van der Waals surface area (Å²) in [5.41, 5.74) is -3.78. The van der Waals surface area contributed by atoms with Crippen molar-refractivity contribution in [3.05, 3.63) is 11.1 Å². The van der Waals surface area contributed by atoms with E-state index >= 15 is 0 Å². The molecule has 1 unspecified atom stereocenters. The van der Waals surface area contributed by atoms with E-state index in [-0.39, 0.29) is 53.9 Å². The lowest BCUT2D eigenvalue weighted by Crippen LogP contribution is -2.54. The Labute approximate surface area is 244 Å². The number of carbonyl (C=O) groups excluding carboxylic acids is 2. The first-order chi connectivity index (χ1) is 18.2. The van der Waals surface area contributed by atoms with Crippen molar-refractivity contribution in [2.75, 3.05) is 0 Å². The van der Waals surface area contributed by atoms with Crippen LogP contribution in [-0.2, 0) is 14.3 Å². The molecule has 0 bridgehead atoms. The van der Waals surface area contributed by atoms with Crippen molar-refractivity contribution in [1.29, 1.82) is 0 Å². The van der Waals surface area contributed by atoms with Gasteiger partial charge in [0.25, 0.3) is 5.67 Å². The average molecular weight is 695 g/mol. The van der Waals surface area contributed by atoms with Gasteiger partial charge in [-0.2, -0.15) is 26.3 Å². The minimum atomic E-state index is -6.06. The van der Waals surface area contributed by atoms with Gasteiger partial charge in [0.1, 0.15) is 6.10 Å². The summed E-state index contributed by atoms with van der Waals surface area (Å²) in [7, 11) is 0. The van der Waals surface area contributed by atoms with Gasteiger partial charge >= 0.3 is 18.3 Å². The molecule has 11 heteroatoms. The summed E-state index contributed by atoms with van der Waals surface area (Å²) in [4.78, 5) is 25.0. The van der Waals surface area contributed by atoms with Crippen LogP contribution in [0, 0.1) is 34.5 Å². The summed E-state index contributed by atoms with van der Waals surface area (Å²) >= 11 is 1.50. The van der Waals surface area contributed by atoms with Crippen LogP contribution in [0.4, 0.5) is 30.7 Å². The summed E-state index contributed by atoms with van der Waals surface area (Å²) in [5, 5.41) is 0. The summed E-state index contributed by atoms with van der Waals surface area (Å²) in [5.74, 6) is -0.225. The summed E-state index contributed by atoms with van der Waals surface area (Å²) in [6.45, 7) is 7.49. The van der Waals surface area contributed by atoms with E-state index in [1.54, 1.807) is 6.92 Å². The Kier molecular flexibility index (Phi) is 8.56. The highest BCUT2D eigenvalue weighted by atomic mass is 127. The number of Topliss-reactive ketones (excluding diaryl/α,β-unsaturated/α-hetero) is 1. The molecule has 3 nitrogen and oxygen atoms in total. The van der Waals surface area contributed by atoms with Crippen molar-refractivity contribution in [2.24, 2.45) is 34.5 Å². The number of carbonyl (C=O) groups is 2. The van der Waals surface area contributed by atoms with E-state index in [2.05, 4.69) is 6.92 Å². The molecule has 4 aliphatic carbocycles. The Bertz CT molecular complexity index is 1040. The molecule has 3 saturated carbocycles. The molecule has 0 aliphatic heterocycles. The van der Waals surface area contributed by atoms with E-state index < -0.39 is 33.8 Å². The zero-order valence-corrected chi connectivity index (χ0v) is 25.4. The van der Waals surface area contributed by atoms with Crippen LogP contribution in [-0.4, -0.2) is 39.8 Å². The van der Waals surface area contributed by atoms with Crippen molar-refractivity contribution in [1.82, 2.24) is 0 Å². The van der Waals surface area contributed by atoms with Crippen molar-refractivity contribution in [3.63, 3.8) is 0 Å². The molecule has 4 aliphatic rings. The number of hydrogen-bond acceptors (Lipinski definition) is 3. The number of fused-ring (bicyclic) bond motifs is 4. The zero-order chi connectivity index (χ0) is 30.1. The Morgan fingerprint density at radius 3 is 2.25 bits per heavy atom. The molecular weight excluding hydrogens is 656 g/mol. The van der Waals surface area contributed by atoms with Crippen LogP contribution >= 0.6 is 22.6 Å². The summed E-state index contributed by atoms with van der Waals surface area (Å²) in [6.07, 6.45) is -8.03. The number of ether oxygens (including phenoxy) is 1. The highest BCUT2D eigenvalue weighted by Crippen LogP contribution is 2.65.